The van der Waals surface area contributed by atoms with Gasteiger partial charge in [0.05, 0.1) is 0 Å². The van der Waals surface area contributed by atoms with E-state index >= 15 is 0 Å². The van der Waals surface area contributed by atoms with Crippen molar-refractivity contribution < 1.29 is 4.79 Å². The highest BCUT2D eigenvalue weighted by molar-refractivity contribution is 14.1. The van der Waals surface area contributed by atoms with E-state index in [1.165, 1.54) is 23.9 Å². The molecule has 1 aliphatic carbocycles. The zero-order valence-corrected chi connectivity index (χ0v) is 15.1. The first-order valence-electron chi connectivity index (χ1n) is 6.66. The summed E-state index contributed by atoms with van der Waals surface area (Å²) in [6.45, 7) is 0. The van der Waals surface area contributed by atoms with Crippen LogP contribution in [0.4, 0.5) is 4.79 Å². The van der Waals surface area contributed by atoms with Crippen LogP contribution >= 0.6 is 45.2 Å². The molecule has 106 valence electrons. The van der Waals surface area contributed by atoms with Crippen LogP contribution in [-0.4, -0.2) is 27.1 Å². The van der Waals surface area contributed by atoms with E-state index in [0.717, 1.165) is 31.0 Å². The molecule has 0 bridgehead atoms. The highest BCUT2D eigenvalue weighted by Crippen LogP contribution is 2.22. The van der Waals surface area contributed by atoms with Crippen molar-refractivity contribution in [2.45, 2.75) is 38.1 Å². The molecule has 5 nitrogen and oxygen atoms in total. The van der Waals surface area contributed by atoms with E-state index in [-0.39, 0.29) is 12.1 Å². The fraction of sp³-hybridized carbons (Fsp3) is 0.462. The van der Waals surface area contributed by atoms with Gasteiger partial charge in [-0.05, 0) is 70.2 Å². The smallest absolute Gasteiger partial charge is 0.333 e. The number of amides is 1. The summed E-state index contributed by atoms with van der Waals surface area (Å²) >= 11 is 4.52. The van der Waals surface area contributed by atoms with Gasteiger partial charge in [0, 0.05) is 13.2 Å². The van der Waals surface area contributed by atoms with E-state index in [9.17, 15) is 4.79 Å². The summed E-state index contributed by atoms with van der Waals surface area (Å²) in [5, 5.41) is 11.1. The quantitative estimate of drug-likeness (QED) is 0.616. The van der Waals surface area contributed by atoms with E-state index in [1.807, 2.05) is 12.1 Å². The molecule has 1 aliphatic rings. The van der Waals surface area contributed by atoms with Crippen molar-refractivity contribution in [3.63, 3.8) is 0 Å². The van der Waals surface area contributed by atoms with Crippen molar-refractivity contribution in [1.29, 1.82) is 0 Å². The Kier molecular flexibility index (Phi) is 4.43. The van der Waals surface area contributed by atoms with Crippen molar-refractivity contribution in [3.05, 3.63) is 19.3 Å². The van der Waals surface area contributed by atoms with Crippen LogP contribution in [0.25, 0.3) is 11.0 Å². The second kappa shape index (κ2) is 6.12. The lowest BCUT2D eigenvalue weighted by Crippen LogP contribution is -2.39. The van der Waals surface area contributed by atoms with Crippen molar-refractivity contribution in [3.8, 4) is 0 Å². The molecule has 1 fully saturated rings. The maximum atomic E-state index is 12.3. The predicted molar refractivity (Wildman–Crippen MR) is 93.8 cm³/mol. The molecule has 0 spiro atoms. The van der Waals surface area contributed by atoms with Gasteiger partial charge >= 0.3 is 6.03 Å². The molecule has 20 heavy (non-hydrogen) atoms. The fourth-order valence-corrected chi connectivity index (χ4v) is 3.45. The Bertz CT molecular complexity index is 649. The van der Waals surface area contributed by atoms with Gasteiger partial charge in [-0.2, -0.15) is 4.68 Å². The monoisotopic (exact) mass is 496 g/mol. The van der Waals surface area contributed by atoms with Gasteiger partial charge in [0.25, 0.3) is 0 Å². The molecule has 0 radical (unpaired) electrons. The third-order valence-electron chi connectivity index (χ3n) is 3.61. The first-order chi connectivity index (χ1) is 9.65. The molecule has 0 atom stereocenters. The molecular formula is C13H14I2N4O. The molecule has 0 saturated heterocycles. The molecule has 1 heterocycles. The Morgan fingerprint density at radius 2 is 1.90 bits per heavy atom. The Hall–Kier alpha value is -0.450. The molecule has 1 saturated carbocycles. The van der Waals surface area contributed by atoms with E-state index < -0.39 is 0 Å². The molecule has 3 rings (SSSR count). The van der Waals surface area contributed by atoms with Crippen LogP contribution in [0.15, 0.2) is 12.1 Å². The zero-order chi connectivity index (χ0) is 14.1. The Balaban J connectivity index is 1.85. The third-order valence-corrected chi connectivity index (χ3v) is 6.43. The predicted octanol–water partition coefficient (Wildman–Crippen LogP) is 3.53. The summed E-state index contributed by atoms with van der Waals surface area (Å²) < 4.78 is 3.60. The van der Waals surface area contributed by atoms with Crippen LogP contribution in [0.3, 0.4) is 0 Å². The van der Waals surface area contributed by atoms with Gasteiger partial charge < -0.3 is 5.32 Å². The number of fused-ring (bicyclic) bond motifs is 1. The topological polar surface area (TPSA) is 59.8 Å². The van der Waals surface area contributed by atoms with Crippen LogP contribution in [0.5, 0.6) is 0 Å². The molecule has 1 N–H and O–H groups in total. The number of hydrogen-bond acceptors (Lipinski definition) is 3. The Labute approximate surface area is 144 Å². The fourth-order valence-electron chi connectivity index (χ4n) is 2.55. The number of aromatic nitrogens is 3. The maximum absolute atomic E-state index is 12.3. The van der Waals surface area contributed by atoms with Crippen LogP contribution in [-0.2, 0) is 0 Å². The standard InChI is InChI=1S/C13H14I2N4O/c14-9-6-11-12(7-10(9)15)19(18-17-11)13(20)16-8-4-2-1-3-5-8/h6-8H,1-5H2,(H,16,20). The minimum absolute atomic E-state index is 0.170. The Morgan fingerprint density at radius 3 is 2.65 bits per heavy atom. The van der Waals surface area contributed by atoms with Gasteiger partial charge in [-0.1, -0.05) is 24.5 Å². The SMILES string of the molecule is O=C(NC1CCCCC1)n1nnc2cc(I)c(I)cc21. The van der Waals surface area contributed by atoms with E-state index in [0.29, 0.717) is 0 Å². The third kappa shape index (κ3) is 2.92. The van der Waals surface area contributed by atoms with E-state index in [2.05, 4.69) is 60.8 Å². The van der Waals surface area contributed by atoms with Gasteiger partial charge in [-0.3, -0.25) is 0 Å². The largest absolute Gasteiger partial charge is 0.344 e. The van der Waals surface area contributed by atoms with Crippen LogP contribution in [0.2, 0.25) is 0 Å². The highest BCUT2D eigenvalue weighted by atomic mass is 127. The molecule has 1 amide bonds. The minimum atomic E-state index is -0.170. The van der Waals surface area contributed by atoms with Crippen molar-refractivity contribution in [2.24, 2.45) is 0 Å². The van der Waals surface area contributed by atoms with Crippen LogP contribution in [0, 0.1) is 7.14 Å². The van der Waals surface area contributed by atoms with Gasteiger partial charge in [0.15, 0.2) is 0 Å². The average molecular weight is 496 g/mol. The highest BCUT2D eigenvalue weighted by Gasteiger charge is 2.19. The second-order valence-corrected chi connectivity index (χ2v) is 7.37. The lowest BCUT2D eigenvalue weighted by molar-refractivity contribution is 0.231. The number of nitrogens with one attached hydrogen (secondary N) is 1. The lowest BCUT2D eigenvalue weighted by atomic mass is 9.96. The number of halogens is 2. The molecule has 1 aromatic heterocycles. The maximum Gasteiger partial charge on any atom is 0.344 e. The number of benzene rings is 1. The Morgan fingerprint density at radius 1 is 1.20 bits per heavy atom. The summed E-state index contributed by atoms with van der Waals surface area (Å²) in [5.74, 6) is 0. The van der Waals surface area contributed by atoms with Crippen molar-refractivity contribution in [2.75, 3.05) is 0 Å². The molecular weight excluding hydrogens is 482 g/mol. The minimum Gasteiger partial charge on any atom is -0.333 e. The van der Waals surface area contributed by atoms with Crippen LogP contribution in [0.1, 0.15) is 32.1 Å². The molecule has 7 heteroatoms. The van der Waals surface area contributed by atoms with Crippen molar-refractivity contribution in [1.82, 2.24) is 20.3 Å². The van der Waals surface area contributed by atoms with E-state index in [4.69, 9.17) is 0 Å². The number of carbonyl (C=O) groups excluding carboxylic acids is 1. The zero-order valence-electron chi connectivity index (χ0n) is 10.8. The average Bonchev–Trinajstić information content (AvgIpc) is 2.83. The van der Waals surface area contributed by atoms with Crippen molar-refractivity contribution >= 4 is 62.2 Å². The van der Waals surface area contributed by atoms with E-state index in [1.54, 1.807) is 0 Å². The summed E-state index contributed by atoms with van der Waals surface area (Å²) in [4.78, 5) is 12.3. The number of nitrogens with zero attached hydrogens (tertiary/aromatic N) is 3. The first kappa shape index (κ1) is 14.5. The van der Waals surface area contributed by atoms with Gasteiger partial charge in [0.2, 0.25) is 0 Å². The summed E-state index contributed by atoms with van der Waals surface area (Å²) in [6.07, 6.45) is 5.79. The van der Waals surface area contributed by atoms with Gasteiger partial charge in [-0.15, -0.1) is 5.10 Å². The normalized spacial score (nSPS) is 16.5. The summed E-state index contributed by atoms with van der Waals surface area (Å²) in [6, 6.07) is 4.02. The number of carbonyl (C=O) groups is 1. The summed E-state index contributed by atoms with van der Waals surface area (Å²) in [5.41, 5.74) is 1.52. The molecule has 1 aromatic carbocycles. The molecule has 0 aliphatic heterocycles. The van der Waals surface area contributed by atoms with Gasteiger partial charge in [0.1, 0.15) is 11.0 Å². The number of rotatable bonds is 1. The molecule has 0 unspecified atom stereocenters. The van der Waals surface area contributed by atoms with Gasteiger partial charge in [-0.25, -0.2) is 4.79 Å². The summed E-state index contributed by atoms with van der Waals surface area (Å²) in [7, 11) is 0. The lowest BCUT2D eigenvalue weighted by Gasteiger charge is -2.22. The number of hydrogen-bond donors (Lipinski definition) is 1. The van der Waals surface area contributed by atoms with Crippen LogP contribution < -0.4 is 5.32 Å². The molecule has 2 aromatic rings. The second-order valence-electron chi connectivity index (χ2n) is 5.04. The first-order valence-corrected chi connectivity index (χ1v) is 8.82.